The summed E-state index contributed by atoms with van der Waals surface area (Å²) in [4.78, 5) is 0. The van der Waals surface area contributed by atoms with Gasteiger partial charge in [-0.05, 0) is 12.8 Å². The average molecular weight is 710 g/mol. The van der Waals surface area contributed by atoms with Crippen LogP contribution in [0.5, 0.6) is 0 Å². The second-order valence-corrected chi connectivity index (χ2v) is 11.4. The molecule has 1 heterocycles. The molecule has 0 atom stereocenters. The molecule has 0 bridgehead atoms. The average Bonchev–Trinajstić information content (AvgIpc) is 3.15. The van der Waals surface area contributed by atoms with Gasteiger partial charge in [-0.25, -0.2) is 0 Å². The Labute approximate surface area is 173 Å². The summed E-state index contributed by atoms with van der Waals surface area (Å²) in [6, 6.07) is 0.871. The first-order valence-electron chi connectivity index (χ1n) is 8.36. The van der Waals surface area contributed by atoms with E-state index in [4.69, 9.17) is 0 Å². The Balaban J connectivity index is 0.000000188. The molecule has 6 heteroatoms. The van der Waals surface area contributed by atoms with E-state index in [1.165, 1.54) is 68.1 Å². The summed E-state index contributed by atoms with van der Waals surface area (Å²) in [6.45, 7) is 1.22. The molecule has 0 radical (unpaired) electrons. The molecular weight excluding hydrogens is 683 g/mol. The Kier molecular flexibility index (Phi) is 9.23. The third-order valence-electron chi connectivity index (χ3n) is 4.74. The van der Waals surface area contributed by atoms with Crippen molar-refractivity contribution in [2.75, 3.05) is 0 Å². The van der Waals surface area contributed by atoms with Gasteiger partial charge < -0.3 is 0 Å². The summed E-state index contributed by atoms with van der Waals surface area (Å²) in [5, 5.41) is 0. The van der Waals surface area contributed by atoms with Crippen molar-refractivity contribution in [3.63, 3.8) is 0 Å². The number of halogens is 2. The van der Waals surface area contributed by atoms with Crippen molar-refractivity contribution in [2.45, 2.75) is 70.4 Å². The summed E-state index contributed by atoms with van der Waals surface area (Å²) in [7, 11) is 2.11. The van der Waals surface area contributed by atoms with Gasteiger partial charge in [0.25, 0.3) is 0 Å². The van der Waals surface area contributed by atoms with E-state index in [0.717, 1.165) is 12.0 Å². The molecule has 0 spiro atoms. The van der Waals surface area contributed by atoms with E-state index < -0.39 is 0 Å². The standard InChI is InChI=1S/C11H18N2.C5H9I2N.Pt/c1-12-7-8-13(10-12)9-11-5-3-2-4-6-11;6-8(7)5-3-1-2-4-5;/h7-8,11H,2-6,9H2,1H3;5H,1-4H2;. The molecule has 0 aromatic carbocycles. The van der Waals surface area contributed by atoms with Gasteiger partial charge in [0.05, 0.1) is 0 Å². The smallest absolute Gasteiger partial charge is 0.0311 e. The molecule has 0 N–H and O–H groups in total. The maximum atomic E-state index is 2.41. The largest absolute Gasteiger partial charge is 0.185 e. The van der Waals surface area contributed by atoms with Crippen molar-refractivity contribution < 1.29 is 19.4 Å². The number of aromatic nitrogens is 2. The van der Waals surface area contributed by atoms with E-state index >= 15 is 0 Å². The number of rotatable bonds is 3. The van der Waals surface area contributed by atoms with Gasteiger partial charge in [-0.1, -0.05) is 12.8 Å². The van der Waals surface area contributed by atoms with E-state index in [0.29, 0.717) is 0 Å². The molecule has 0 saturated heterocycles. The number of hydrogen-bond acceptors (Lipinski definition) is 1. The van der Waals surface area contributed by atoms with Gasteiger partial charge in [0.1, 0.15) is 0 Å². The third-order valence-corrected chi connectivity index (χ3v) is 7.77. The normalized spacial score (nSPS) is 20.3. The summed E-state index contributed by atoms with van der Waals surface area (Å²) in [6.07, 6.45) is 17.2. The maximum absolute atomic E-state index is 2.41. The van der Waals surface area contributed by atoms with Gasteiger partial charge in [0.2, 0.25) is 0 Å². The van der Waals surface area contributed by atoms with Gasteiger partial charge in [-0.3, -0.25) is 0 Å². The molecule has 2 aliphatic carbocycles. The van der Waals surface area contributed by atoms with Crippen LogP contribution < -0.4 is 0 Å². The van der Waals surface area contributed by atoms with Gasteiger partial charge in [0, 0.05) is 51.8 Å². The van der Waals surface area contributed by atoms with E-state index in [2.05, 4.69) is 95.0 Å². The summed E-state index contributed by atoms with van der Waals surface area (Å²) in [5.41, 5.74) is 0. The summed E-state index contributed by atoms with van der Waals surface area (Å²) < 4.78 is 8.19. The molecule has 130 valence electrons. The van der Waals surface area contributed by atoms with E-state index in [-0.39, 0.29) is 0 Å². The van der Waals surface area contributed by atoms with Crippen LogP contribution in [0, 0.1) is 9.72 Å². The minimum absolute atomic E-state index is 0.871. The molecule has 0 unspecified atom stereocenters. The van der Waals surface area contributed by atoms with Crippen LogP contribution in [0.15, 0.2) is 12.4 Å². The Morgan fingerprint density at radius 1 is 1.05 bits per heavy atom. The van der Waals surface area contributed by atoms with Crippen molar-refractivity contribution in [3.8, 4) is 0 Å². The second-order valence-electron chi connectivity index (χ2n) is 6.50. The zero-order valence-electron chi connectivity index (χ0n) is 13.3. The van der Waals surface area contributed by atoms with Crippen molar-refractivity contribution in [2.24, 2.45) is 13.0 Å². The first-order chi connectivity index (χ1) is 10.6. The van der Waals surface area contributed by atoms with Gasteiger partial charge in [-0.15, -0.1) is 0 Å². The fraction of sp³-hybridized carbons (Fsp3) is 0.812. The van der Waals surface area contributed by atoms with Crippen LogP contribution in [0.1, 0.15) is 57.8 Å². The Morgan fingerprint density at radius 2 is 1.64 bits per heavy atom. The van der Waals surface area contributed by atoms with Crippen LogP contribution in [-0.4, -0.2) is 16.5 Å². The first kappa shape index (κ1) is 19.6. The van der Waals surface area contributed by atoms with Crippen molar-refractivity contribution >= 4 is 45.7 Å². The van der Waals surface area contributed by atoms with Crippen LogP contribution in [0.4, 0.5) is 0 Å². The molecule has 22 heavy (non-hydrogen) atoms. The summed E-state index contributed by atoms with van der Waals surface area (Å²) >= 11 is 7.13. The van der Waals surface area contributed by atoms with Crippen molar-refractivity contribution in [1.29, 1.82) is 0 Å². The Hall–Kier alpha value is 1.32. The fourth-order valence-corrected chi connectivity index (χ4v) is 5.04. The van der Waals surface area contributed by atoms with E-state index in [1.54, 1.807) is 0 Å². The van der Waals surface area contributed by atoms with E-state index in [9.17, 15) is 0 Å². The van der Waals surface area contributed by atoms with Crippen LogP contribution in [-0.2, 0) is 32.9 Å². The molecular formula is C16H27I2N3Pt. The first-order valence-corrected chi connectivity index (χ1v) is 11.4. The SMILES string of the molecule is Cn1ccn(CC2CCCCC2)[c]1=[Pt].IN(I)C1CCCC1. The van der Waals surface area contributed by atoms with Gasteiger partial charge >= 0.3 is 96.3 Å². The Bertz CT molecular complexity index is 486. The van der Waals surface area contributed by atoms with Gasteiger partial charge in [0.15, 0.2) is 0 Å². The zero-order valence-corrected chi connectivity index (χ0v) is 19.9. The maximum Gasteiger partial charge on any atom is 0.0311 e. The Morgan fingerprint density at radius 3 is 2.09 bits per heavy atom. The van der Waals surface area contributed by atoms with Crippen LogP contribution in [0.3, 0.4) is 0 Å². The molecule has 2 saturated carbocycles. The van der Waals surface area contributed by atoms with E-state index in [1.807, 2.05) is 0 Å². The molecule has 2 aliphatic rings. The quantitative estimate of drug-likeness (QED) is 0.302. The minimum Gasteiger partial charge on any atom is -0.185 e. The molecule has 2 fully saturated rings. The molecule has 0 aliphatic heterocycles. The molecule has 1 aromatic rings. The predicted octanol–water partition coefficient (Wildman–Crippen LogP) is 5.42. The number of aryl methyl sites for hydroxylation is 1. The predicted molar refractivity (Wildman–Crippen MR) is 105 cm³/mol. The third kappa shape index (κ3) is 6.32. The molecule has 0 amide bonds. The topological polar surface area (TPSA) is 13.1 Å². The van der Waals surface area contributed by atoms with Crippen molar-refractivity contribution in [3.05, 3.63) is 16.2 Å². The van der Waals surface area contributed by atoms with Crippen LogP contribution in [0.2, 0.25) is 0 Å². The van der Waals surface area contributed by atoms with Gasteiger partial charge in [-0.2, -0.15) is 1.33 Å². The molecule has 3 rings (SSSR count). The molecule has 3 nitrogen and oxygen atoms in total. The fourth-order valence-electron chi connectivity index (χ4n) is 3.37. The van der Waals surface area contributed by atoms with Crippen LogP contribution >= 0.6 is 45.7 Å². The summed E-state index contributed by atoms with van der Waals surface area (Å²) in [5.74, 6) is 0.921. The number of imidazole rings is 1. The minimum atomic E-state index is 0.871. The molecule has 1 aromatic heterocycles. The number of nitrogens with zero attached hydrogens (tertiary/aromatic N) is 3. The zero-order chi connectivity index (χ0) is 15.9. The monoisotopic (exact) mass is 710 g/mol. The number of hydrogen-bond donors (Lipinski definition) is 0. The second kappa shape index (κ2) is 10.3. The van der Waals surface area contributed by atoms with Crippen molar-refractivity contribution in [1.82, 2.24) is 10.5 Å². The van der Waals surface area contributed by atoms with Crippen LogP contribution in [0.25, 0.3) is 0 Å².